The molecule has 0 saturated heterocycles. The van der Waals surface area contributed by atoms with Gasteiger partial charge in [0.2, 0.25) is 0 Å². The van der Waals surface area contributed by atoms with Crippen LogP contribution in [0, 0.1) is 35.3 Å². The monoisotopic (exact) mass is 482 g/mol. The number of hydrogen-bond donors (Lipinski definition) is 0. The van der Waals surface area contributed by atoms with Crippen molar-refractivity contribution in [3.63, 3.8) is 0 Å². The van der Waals surface area contributed by atoms with Gasteiger partial charge in [0.1, 0.15) is 22.9 Å². The molecule has 0 heterocycles. The number of halogens is 6. The van der Waals surface area contributed by atoms with Crippen molar-refractivity contribution in [2.24, 2.45) is 23.7 Å². The van der Waals surface area contributed by atoms with E-state index >= 15 is 0 Å². The highest BCUT2D eigenvalue weighted by atomic mass is 79.9. The molecule has 2 aliphatic rings. The highest BCUT2D eigenvalue weighted by Gasteiger charge is 2.35. The van der Waals surface area contributed by atoms with E-state index in [9.17, 15) is 22.0 Å². The maximum Gasteiger partial charge on any atom is 0.332 e. The molecule has 0 aromatic heterocycles. The summed E-state index contributed by atoms with van der Waals surface area (Å²) in [7, 11) is 0. The van der Waals surface area contributed by atoms with Crippen molar-refractivity contribution < 1.29 is 26.7 Å². The number of rotatable bonds is 7. The second-order valence-electron chi connectivity index (χ2n) is 8.61. The van der Waals surface area contributed by atoms with Gasteiger partial charge in [0.25, 0.3) is 0 Å². The first kappa shape index (κ1) is 22.8. The molecule has 0 spiro atoms. The van der Waals surface area contributed by atoms with Crippen LogP contribution in [0.3, 0.4) is 0 Å². The molecular formula is C22H28BrF5O. The van der Waals surface area contributed by atoms with Crippen LogP contribution in [0.2, 0.25) is 0 Å². The summed E-state index contributed by atoms with van der Waals surface area (Å²) in [6.45, 7) is 0.119. The molecule has 1 aromatic carbocycles. The first-order valence-electron chi connectivity index (χ1n) is 10.5. The largest absolute Gasteiger partial charge is 0.493 e. The molecule has 1 aromatic rings. The molecule has 0 N–H and O–H groups in total. The van der Waals surface area contributed by atoms with Crippen molar-refractivity contribution in [3.8, 4) is 5.75 Å². The van der Waals surface area contributed by atoms with Gasteiger partial charge in [-0.05, 0) is 84.5 Å². The second-order valence-corrected chi connectivity index (χ2v) is 9.61. The third-order valence-electron chi connectivity index (χ3n) is 6.75. The minimum Gasteiger partial charge on any atom is -0.493 e. The van der Waals surface area contributed by atoms with Crippen LogP contribution in [0.1, 0.15) is 63.4 Å². The molecule has 7 heteroatoms. The topological polar surface area (TPSA) is 9.23 Å². The first-order valence-corrected chi connectivity index (χ1v) is 11.3. The van der Waals surface area contributed by atoms with Gasteiger partial charge in [-0.3, -0.25) is 4.39 Å². The van der Waals surface area contributed by atoms with Crippen molar-refractivity contribution in [3.05, 3.63) is 29.3 Å². The molecule has 2 saturated carbocycles. The van der Waals surface area contributed by atoms with Gasteiger partial charge in [-0.1, -0.05) is 12.8 Å². The van der Waals surface area contributed by atoms with Crippen LogP contribution < -0.4 is 4.74 Å². The number of alkyl halides is 4. The lowest BCUT2D eigenvalue weighted by Crippen LogP contribution is -2.27. The molecule has 0 amide bonds. The molecule has 29 heavy (non-hydrogen) atoms. The Morgan fingerprint density at radius 2 is 1.34 bits per heavy atom. The van der Waals surface area contributed by atoms with Crippen LogP contribution in [-0.2, 0) is 4.83 Å². The van der Waals surface area contributed by atoms with Crippen LogP contribution in [0.15, 0.2) is 12.1 Å². The maximum absolute atomic E-state index is 13.9. The zero-order chi connectivity index (χ0) is 21.0. The van der Waals surface area contributed by atoms with Gasteiger partial charge in [-0.15, -0.1) is 0 Å². The van der Waals surface area contributed by atoms with Crippen molar-refractivity contribution in [1.29, 1.82) is 0 Å². The van der Waals surface area contributed by atoms with Crippen molar-refractivity contribution in [1.82, 2.24) is 0 Å². The Kier molecular flexibility index (Phi) is 7.85. The third-order valence-corrected chi connectivity index (χ3v) is 7.15. The van der Waals surface area contributed by atoms with Crippen molar-refractivity contribution in [2.45, 2.75) is 62.6 Å². The Morgan fingerprint density at radius 3 is 1.79 bits per heavy atom. The Bertz CT molecular complexity index is 639. The zero-order valence-electron chi connectivity index (χ0n) is 16.4. The quantitative estimate of drug-likeness (QED) is 0.285. The van der Waals surface area contributed by atoms with Gasteiger partial charge in [0, 0.05) is 12.1 Å². The maximum atomic E-state index is 13.9. The Hall–Kier alpha value is -0.850. The lowest BCUT2D eigenvalue weighted by atomic mass is 9.69. The van der Waals surface area contributed by atoms with Crippen molar-refractivity contribution >= 4 is 15.9 Å². The van der Waals surface area contributed by atoms with Crippen molar-refractivity contribution in [2.75, 3.05) is 13.3 Å². The van der Waals surface area contributed by atoms with E-state index in [-0.39, 0.29) is 12.4 Å². The molecule has 0 unspecified atom stereocenters. The number of hydrogen-bond acceptors (Lipinski definition) is 1. The number of ether oxygens (including phenoxy) is 1. The van der Waals surface area contributed by atoms with Crippen LogP contribution in [0.5, 0.6) is 5.75 Å². The molecular weight excluding hydrogens is 455 g/mol. The average molecular weight is 483 g/mol. The molecule has 164 valence electrons. The summed E-state index contributed by atoms with van der Waals surface area (Å²) in [6, 6.07) is 1.63. The molecule has 1 nitrogen and oxygen atoms in total. The van der Waals surface area contributed by atoms with Gasteiger partial charge >= 0.3 is 4.83 Å². The molecule has 0 radical (unpaired) electrons. The predicted octanol–water partition coefficient (Wildman–Crippen LogP) is 7.76. The summed E-state index contributed by atoms with van der Waals surface area (Å²) in [5.74, 6) is -0.422. The molecule has 2 aliphatic carbocycles. The lowest BCUT2D eigenvalue weighted by molar-refractivity contribution is 0.104. The molecule has 3 rings (SSSR count). The SMILES string of the molecule is FCCC1CCC(C2CCC(COc3cc(F)c(C(F)(F)Br)c(F)c3)CC2)CC1. The van der Waals surface area contributed by atoms with Gasteiger partial charge in [-0.2, -0.15) is 8.78 Å². The molecule has 0 atom stereocenters. The van der Waals surface area contributed by atoms with E-state index in [0.29, 0.717) is 30.8 Å². The minimum atomic E-state index is -3.76. The van der Waals surface area contributed by atoms with Crippen LogP contribution in [-0.4, -0.2) is 13.3 Å². The second kappa shape index (κ2) is 9.97. The van der Waals surface area contributed by atoms with Crippen LogP contribution in [0.25, 0.3) is 0 Å². The Balaban J connectivity index is 1.45. The van der Waals surface area contributed by atoms with E-state index in [0.717, 1.165) is 56.6 Å². The van der Waals surface area contributed by atoms with Crippen LogP contribution in [0.4, 0.5) is 22.0 Å². The van der Waals surface area contributed by atoms with E-state index in [1.165, 1.54) is 12.8 Å². The highest BCUT2D eigenvalue weighted by Crippen LogP contribution is 2.42. The minimum absolute atomic E-state index is 0.0613. The first-order chi connectivity index (χ1) is 13.8. The van der Waals surface area contributed by atoms with Gasteiger partial charge in [-0.25, -0.2) is 8.78 Å². The standard InChI is InChI=1S/C22H28BrF5O/c23-22(27,28)21-19(25)11-18(12-20(21)26)29-13-15-3-7-17(8-4-15)16-5-1-14(2-6-16)9-10-24/h11-12,14-17H,1-10,13H2. The summed E-state index contributed by atoms with van der Waals surface area (Å²) in [5.41, 5.74) is -1.30. The highest BCUT2D eigenvalue weighted by molar-refractivity contribution is 9.09. The summed E-state index contributed by atoms with van der Waals surface area (Å²) >= 11 is 1.99. The van der Waals surface area contributed by atoms with E-state index in [2.05, 4.69) is 0 Å². The average Bonchev–Trinajstić information content (AvgIpc) is 2.66. The fourth-order valence-electron chi connectivity index (χ4n) is 5.05. The van der Waals surface area contributed by atoms with E-state index in [1.807, 2.05) is 15.9 Å². The predicted molar refractivity (Wildman–Crippen MR) is 106 cm³/mol. The molecule has 0 aliphatic heterocycles. The van der Waals surface area contributed by atoms with E-state index < -0.39 is 22.0 Å². The van der Waals surface area contributed by atoms with Crippen LogP contribution >= 0.6 is 15.9 Å². The number of benzene rings is 1. The zero-order valence-corrected chi connectivity index (χ0v) is 18.0. The summed E-state index contributed by atoms with van der Waals surface area (Å²) in [5, 5.41) is 0. The lowest BCUT2D eigenvalue weighted by Gasteiger charge is -2.37. The van der Waals surface area contributed by atoms with E-state index in [4.69, 9.17) is 4.74 Å². The van der Waals surface area contributed by atoms with Gasteiger partial charge in [0.15, 0.2) is 0 Å². The summed E-state index contributed by atoms with van der Waals surface area (Å²) < 4.78 is 72.2. The molecule has 2 fully saturated rings. The summed E-state index contributed by atoms with van der Waals surface area (Å²) in [6.07, 6.45) is 9.59. The molecule has 0 bridgehead atoms. The third kappa shape index (κ3) is 6.08. The summed E-state index contributed by atoms with van der Waals surface area (Å²) in [4.78, 5) is -3.76. The Labute approximate surface area is 177 Å². The van der Waals surface area contributed by atoms with E-state index in [1.54, 1.807) is 0 Å². The fourth-order valence-corrected chi connectivity index (χ4v) is 5.43. The smallest absolute Gasteiger partial charge is 0.332 e. The van der Waals surface area contributed by atoms with Gasteiger partial charge in [0.05, 0.1) is 13.3 Å². The normalized spacial score (nSPS) is 28.3. The Morgan fingerprint density at radius 1 is 0.862 bits per heavy atom. The fraction of sp³-hybridized carbons (Fsp3) is 0.727. The van der Waals surface area contributed by atoms with Gasteiger partial charge < -0.3 is 4.74 Å².